The molecule has 2 aromatic carbocycles. The van der Waals surface area contributed by atoms with Gasteiger partial charge in [-0.25, -0.2) is 9.37 Å². The Morgan fingerprint density at radius 2 is 1.92 bits per heavy atom. The van der Waals surface area contributed by atoms with Crippen molar-refractivity contribution in [2.24, 2.45) is 0 Å². The summed E-state index contributed by atoms with van der Waals surface area (Å²) in [5, 5.41) is 9.42. The van der Waals surface area contributed by atoms with Crippen LogP contribution in [-0.4, -0.2) is 4.98 Å². The minimum atomic E-state index is -0.421. The first-order chi connectivity index (χ1) is 11.5. The van der Waals surface area contributed by atoms with Crippen LogP contribution in [0, 0.1) is 24.1 Å². The summed E-state index contributed by atoms with van der Waals surface area (Å²) in [4.78, 5) is 4.31. The summed E-state index contributed by atoms with van der Waals surface area (Å²) in [6.07, 6.45) is 0. The van der Waals surface area contributed by atoms with Crippen LogP contribution in [0.15, 0.2) is 53.0 Å². The van der Waals surface area contributed by atoms with Gasteiger partial charge in [-0.05, 0) is 37.3 Å². The lowest BCUT2D eigenvalue weighted by atomic mass is 9.97. The van der Waals surface area contributed by atoms with E-state index in [4.69, 9.17) is 5.73 Å². The fourth-order valence-corrected chi connectivity index (χ4v) is 2.91. The normalized spacial score (nSPS) is 10.4. The largest absolute Gasteiger partial charge is 0.383 e. The molecule has 118 valence electrons. The van der Waals surface area contributed by atoms with Gasteiger partial charge in [0.25, 0.3) is 0 Å². The molecule has 1 aromatic heterocycles. The van der Waals surface area contributed by atoms with Gasteiger partial charge in [0.05, 0.1) is 5.69 Å². The lowest BCUT2D eigenvalue weighted by Crippen LogP contribution is -2.00. The van der Waals surface area contributed by atoms with Crippen LogP contribution in [-0.2, 0) is 0 Å². The van der Waals surface area contributed by atoms with Crippen molar-refractivity contribution in [1.82, 2.24) is 4.98 Å². The average molecular weight is 382 g/mol. The highest BCUT2D eigenvalue weighted by Crippen LogP contribution is 2.34. The molecule has 0 saturated heterocycles. The maximum absolute atomic E-state index is 14.3. The van der Waals surface area contributed by atoms with Crippen LogP contribution in [0.25, 0.3) is 22.4 Å². The number of benzene rings is 2. The highest BCUT2D eigenvalue weighted by molar-refractivity contribution is 9.10. The van der Waals surface area contributed by atoms with Crippen molar-refractivity contribution in [3.63, 3.8) is 0 Å². The molecule has 3 aromatic rings. The second-order valence-corrected chi connectivity index (χ2v) is 6.34. The van der Waals surface area contributed by atoms with Gasteiger partial charge >= 0.3 is 0 Å². The van der Waals surface area contributed by atoms with Crippen molar-refractivity contribution >= 4 is 21.7 Å². The molecule has 5 heteroatoms. The Labute approximate surface area is 147 Å². The van der Waals surface area contributed by atoms with Crippen molar-refractivity contribution in [1.29, 1.82) is 5.26 Å². The summed E-state index contributed by atoms with van der Waals surface area (Å²) in [5.74, 6) is -0.332. The predicted molar refractivity (Wildman–Crippen MR) is 96.6 cm³/mol. The highest BCUT2D eigenvalue weighted by Gasteiger charge is 2.16. The third-order valence-electron chi connectivity index (χ3n) is 3.69. The minimum absolute atomic E-state index is 0.0888. The fourth-order valence-electron chi connectivity index (χ4n) is 2.55. The minimum Gasteiger partial charge on any atom is -0.383 e. The molecule has 0 saturated carbocycles. The quantitative estimate of drug-likeness (QED) is 0.672. The summed E-state index contributed by atoms with van der Waals surface area (Å²) in [5.41, 5.74) is 9.42. The summed E-state index contributed by atoms with van der Waals surface area (Å²) in [6.45, 7) is 1.98. The SMILES string of the molecule is Cc1cccc(-c2cc(-c3cc(Br)ccc3F)c(C#N)c(N)n2)c1. The number of anilines is 1. The smallest absolute Gasteiger partial charge is 0.142 e. The van der Waals surface area contributed by atoms with Gasteiger partial charge in [-0.2, -0.15) is 5.26 Å². The van der Waals surface area contributed by atoms with E-state index in [1.807, 2.05) is 37.3 Å². The molecular weight excluding hydrogens is 369 g/mol. The van der Waals surface area contributed by atoms with Crippen LogP contribution in [0.1, 0.15) is 11.1 Å². The monoisotopic (exact) mass is 381 g/mol. The maximum atomic E-state index is 14.3. The third-order valence-corrected chi connectivity index (χ3v) is 4.18. The number of aryl methyl sites for hydroxylation is 1. The molecule has 0 aliphatic rings. The molecular formula is C19H13BrFN3. The van der Waals surface area contributed by atoms with E-state index in [2.05, 4.69) is 20.9 Å². The molecule has 3 rings (SSSR count). The number of nitrogen functional groups attached to an aromatic ring is 1. The Kier molecular flexibility index (Phi) is 4.32. The Hall–Kier alpha value is -2.71. The van der Waals surface area contributed by atoms with Gasteiger partial charge in [0.15, 0.2) is 0 Å². The third kappa shape index (κ3) is 3.01. The van der Waals surface area contributed by atoms with Crippen LogP contribution >= 0.6 is 15.9 Å². The number of halogens is 2. The van der Waals surface area contributed by atoms with Crippen molar-refractivity contribution in [3.05, 3.63) is 69.9 Å². The Balaban J connectivity index is 2.29. The van der Waals surface area contributed by atoms with Crippen molar-refractivity contribution in [3.8, 4) is 28.5 Å². The molecule has 0 spiro atoms. The van der Waals surface area contributed by atoms with E-state index in [1.54, 1.807) is 18.2 Å². The number of hydrogen-bond donors (Lipinski definition) is 1. The molecule has 0 amide bonds. The van der Waals surface area contributed by atoms with Gasteiger partial charge in [-0.3, -0.25) is 0 Å². The summed E-state index contributed by atoms with van der Waals surface area (Å²) in [7, 11) is 0. The number of aromatic nitrogens is 1. The second-order valence-electron chi connectivity index (χ2n) is 5.42. The highest BCUT2D eigenvalue weighted by atomic mass is 79.9. The van der Waals surface area contributed by atoms with Crippen LogP contribution in [0.5, 0.6) is 0 Å². The summed E-state index contributed by atoms with van der Waals surface area (Å²) < 4.78 is 15.0. The zero-order chi connectivity index (χ0) is 17.3. The molecule has 0 radical (unpaired) electrons. The van der Waals surface area contributed by atoms with Crippen molar-refractivity contribution in [2.45, 2.75) is 6.92 Å². The van der Waals surface area contributed by atoms with E-state index in [1.165, 1.54) is 6.07 Å². The lowest BCUT2D eigenvalue weighted by molar-refractivity contribution is 0.631. The van der Waals surface area contributed by atoms with Crippen molar-refractivity contribution < 1.29 is 4.39 Å². The zero-order valence-electron chi connectivity index (χ0n) is 12.8. The number of nitrogens with zero attached hydrogens (tertiary/aromatic N) is 2. The van der Waals surface area contributed by atoms with Crippen LogP contribution in [0.2, 0.25) is 0 Å². The Bertz CT molecular complexity index is 977. The molecule has 0 aliphatic heterocycles. The van der Waals surface area contributed by atoms with Gasteiger partial charge in [-0.1, -0.05) is 39.7 Å². The number of rotatable bonds is 2. The molecule has 2 N–H and O–H groups in total. The Morgan fingerprint density at radius 1 is 1.12 bits per heavy atom. The number of nitriles is 1. The molecule has 0 atom stereocenters. The van der Waals surface area contributed by atoms with E-state index in [0.29, 0.717) is 16.8 Å². The van der Waals surface area contributed by atoms with Gasteiger partial charge < -0.3 is 5.73 Å². The van der Waals surface area contributed by atoms with Gasteiger partial charge in [0.2, 0.25) is 0 Å². The fraction of sp³-hybridized carbons (Fsp3) is 0.0526. The first-order valence-corrected chi connectivity index (χ1v) is 8.02. The lowest BCUT2D eigenvalue weighted by Gasteiger charge is -2.11. The zero-order valence-corrected chi connectivity index (χ0v) is 14.4. The van der Waals surface area contributed by atoms with Gasteiger partial charge in [0, 0.05) is 21.2 Å². The predicted octanol–water partition coefficient (Wildman–Crippen LogP) is 5.08. The van der Waals surface area contributed by atoms with E-state index < -0.39 is 5.82 Å². The topological polar surface area (TPSA) is 62.7 Å². The maximum Gasteiger partial charge on any atom is 0.142 e. The van der Waals surface area contributed by atoms with Crippen LogP contribution in [0.3, 0.4) is 0 Å². The molecule has 0 fully saturated rings. The molecule has 24 heavy (non-hydrogen) atoms. The molecule has 0 unspecified atom stereocenters. The van der Waals surface area contributed by atoms with E-state index in [-0.39, 0.29) is 11.4 Å². The van der Waals surface area contributed by atoms with E-state index >= 15 is 0 Å². The molecule has 3 nitrogen and oxygen atoms in total. The average Bonchev–Trinajstić information content (AvgIpc) is 2.56. The second kappa shape index (κ2) is 6.42. The first-order valence-electron chi connectivity index (χ1n) is 7.22. The molecule has 0 aliphatic carbocycles. The number of hydrogen-bond acceptors (Lipinski definition) is 3. The van der Waals surface area contributed by atoms with Crippen molar-refractivity contribution in [2.75, 3.05) is 5.73 Å². The Morgan fingerprint density at radius 3 is 2.62 bits per heavy atom. The summed E-state index contributed by atoms with van der Waals surface area (Å²) >= 11 is 3.34. The summed E-state index contributed by atoms with van der Waals surface area (Å²) in [6, 6.07) is 16.1. The van der Waals surface area contributed by atoms with Crippen LogP contribution < -0.4 is 5.73 Å². The van der Waals surface area contributed by atoms with Gasteiger partial charge in [-0.15, -0.1) is 0 Å². The van der Waals surface area contributed by atoms with Crippen LogP contribution in [0.4, 0.5) is 10.2 Å². The molecule has 0 bridgehead atoms. The number of pyridine rings is 1. The standard InChI is InChI=1S/C19H13BrFN3/c1-11-3-2-4-12(7-11)18-9-14(16(10-22)19(23)24-18)15-8-13(20)5-6-17(15)21/h2-9H,1H3,(H2,23,24). The van der Waals surface area contributed by atoms with E-state index in [0.717, 1.165) is 15.6 Å². The number of nitrogens with two attached hydrogens (primary N) is 1. The molecule has 1 heterocycles. The van der Waals surface area contributed by atoms with Gasteiger partial charge in [0.1, 0.15) is 23.3 Å². The van der Waals surface area contributed by atoms with E-state index in [9.17, 15) is 9.65 Å². The first kappa shape index (κ1) is 16.2.